The highest BCUT2D eigenvalue weighted by Gasteiger charge is 2.27. The SMILES string of the molecule is COc1ccc(C=NNC(=O)[C@H]2COc3cc4ccccc4cc3O2)cc1Br. The summed E-state index contributed by atoms with van der Waals surface area (Å²) in [5.74, 6) is 1.53. The number of amides is 1. The minimum atomic E-state index is -0.770. The van der Waals surface area contributed by atoms with Crippen molar-refractivity contribution >= 4 is 38.8 Å². The average Bonchev–Trinajstić information content (AvgIpc) is 2.72. The average molecular weight is 441 g/mol. The molecule has 142 valence electrons. The van der Waals surface area contributed by atoms with Crippen molar-refractivity contribution in [2.75, 3.05) is 13.7 Å². The third-order valence-corrected chi connectivity index (χ3v) is 4.95. The summed E-state index contributed by atoms with van der Waals surface area (Å²) in [5.41, 5.74) is 3.31. The monoisotopic (exact) mass is 440 g/mol. The van der Waals surface area contributed by atoms with Gasteiger partial charge in [0.2, 0.25) is 6.10 Å². The maximum Gasteiger partial charge on any atom is 0.284 e. The van der Waals surface area contributed by atoms with Gasteiger partial charge in [-0.3, -0.25) is 4.79 Å². The van der Waals surface area contributed by atoms with E-state index in [2.05, 4.69) is 26.5 Å². The fraction of sp³-hybridized carbons (Fsp3) is 0.143. The minimum Gasteiger partial charge on any atom is -0.496 e. The number of ether oxygens (including phenoxy) is 3. The Bertz CT molecular complexity index is 1070. The van der Waals surface area contributed by atoms with Gasteiger partial charge in [-0.15, -0.1) is 0 Å². The molecule has 1 heterocycles. The highest BCUT2D eigenvalue weighted by molar-refractivity contribution is 9.10. The molecule has 4 rings (SSSR count). The summed E-state index contributed by atoms with van der Waals surface area (Å²) in [5, 5.41) is 6.08. The van der Waals surface area contributed by atoms with Crippen molar-refractivity contribution < 1.29 is 19.0 Å². The fourth-order valence-electron chi connectivity index (χ4n) is 2.89. The molecule has 0 aliphatic carbocycles. The molecule has 0 saturated heterocycles. The molecule has 28 heavy (non-hydrogen) atoms. The van der Waals surface area contributed by atoms with E-state index in [0.29, 0.717) is 11.5 Å². The largest absolute Gasteiger partial charge is 0.496 e. The predicted octanol–water partition coefficient (Wildman–Crippen LogP) is 3.90. The quantitative estimate of drug-likeness (QED) is 0.493. The Hall–Kier alpha value is -3.06. The Morgan fingerprint density at radius 2 is 1.93 bits per heavy atom. The van der Waals surface area contributed by atoms with Gasteiger partial charge in [0.1, 0.15) is 12.4 Å². The van der Waals surface area contributed by atoms with Crippen molar-refractivity contribution in [1.29, 1.82) is 0 Å². The van der Waals surface area contributed by atoms with Crippen LogP contribution >= 0.6 is 15.9 Å². The molecule has 6 nitrogen and oxygen atoms in total. The van der Waals surface area contributed by atoms with Crippen molar-refractivity contribution in [2.45, 2.75) is 6.10 Å². The topological polar surface area (TPSA) is 69.2 Å². The number of benzene rings is 3. The molecular formula is C21H17BrN2O4. The summed E-state index contributed by atoms with van der Waals surface area (Å²) in [4.78, 5) is 12.4. The van der Waals surface area contributed by atoms with Gasteiger partial charge < -0.3 is 14.2 Å². The van der Waals surface area contributed by atoms with E-state index in [0.717, 1.165) is 26.6 Å². The molecule has 1 aliphatic rings. The molecule has 1 aliphatic heterocycles. The maximum atomic E-state index is 12.4. The highest BCUT2D eigenvalue weighted by atomic mass is 79.9. The lowest BCUT2D eigenvalue weighted by Gasteiger charge is -2.25. The van der Waals surface area contributed by atoms with E-state index in [1.54, 1.807) is 13.3 Å². The highest BCUT2D eigenvalue weighted by Crippen LogP contribution is 2.35. The molecule has 3 aromatic rings. The number of fused-ring (bicyclic) bond motifs is 2. The number of halogens is 1. The number of carbonyl (C=O) groups is 1. The van der Waals surface area contributed by atoms with Crippen LogP contribution < -0.4 is 19.6 Å². The van der Waals surface area contributed by atoms with Gasteiger partial charge in [-0.1, -0.05) is 24.3 Å². The molecule has 1 amide bonds. The standard InChI is InChI=1S/C21H17BrN2O4/c1-26-17-7-6-13(8-16(17)22)11-23-24-21(25)20-12-27-18-9-14-4-2-3-5-15(14)10-19(18)28-20/h2-11,20H,12H2,1H3,(H,24,25)/t20-/m1/s1. The van der Waals surface area contributed by atoms with Gasteiger partial charge in [-0.05, 0) is 62.6 Å². The zero-order chi connectivity index (χ0) is 19.5. The predicted molar refractivity (Wildman–Crippen MR) is 110 cm³/mol. The van der Waals surface area contributed by atoms with Crippen LogP contribution in [0.2, 0.25) is 0 Å². The van der Waals surface area contributed by atoms with Crippen molar-refractivity contribution in [3.63, 3.8) is 0 Å². The van der Waals surface area contributed by atoms with Crippen molar-refractivity contribution in [3.05, 3.63) is 64.6 Å². The molecule has 0 spiro atoms. The molecule has 7 heteroatoms. The van der Waals surface area contributed by atoms with Crippen LogP contribution in [0.25, 0.3) is 10.8 Å². The van der Waals surface area contributed by atoms with Crippen molar-refractivity contribution in [2.24, 2.45) is 5.10 Å². The normalized spacial score (nSPS) is 15.6. The number of hydrogen-bond acceptors (Lipinski definition) is 5. The van der Waals surface area contributed by atoms with Gasteiger partial charge in [0.15, 0.2) is 11.5 Å². The Labute approximate surface area is 170 Å². The second-order valence-electron chi connectivity index (χ2n) is 6.19. The molecule has 0 aromatic heterocycles. The van der Waals surface area contributed by atoms with Gasteiger partial charge in [0.05, 0.1) is 17.8 Å². The van der Waals surface area contributed by atoms with Gasteiger partial charge in [0.25, 0.3) is 5.91 Å². The van der Waals surface area contributed by atoms with E-state index < -0.39 is 6.10 Å². The molecule has 0 bridgehead atoms. The molecule has 0 fully saturated rings. The Kier molecular flexibility index (Phi) is 5.16. The lowest BCUT2D eigenvalue weighted by atomic mass is 10.1. The molecule has 1 atom stereocenters. The lowest BCUT2D eigenvalue weighted by molar-refractivity contribution is -0.130. The summed E-state index contributed by atoms with van der Waals surface area (Å²) >= 11 is 3.41. The van der Waals surface area contributed by atoms with Crippen molar-refractivity contribution in [3.8, 4) is 17.2 Å². The molecule has 0 radical (unpaired) electrons. The Morgan fingerprint density at radius 3 is 2.64 bits per heavy atom. The maximum absolute atomic E-state index is 12.4. The smallest absolute Gasteiger partial charge is 0.284 e. The second kappa shape index (κ2) is 7.90. The number of carbonyl (C=O) groups excluding carboxylic acids is 1. The third kappa shape index (κ3) is 3.80. The number of nitrogens with one attached hydrogen (secondary N) is 1. The van der Waals surface area contributed by atoms with E-state index in [4.69, 9.17) is 14.2 Å². The number of methoxy groups -OCH3 is 1. The second-order valence-corrected chi connectivity index (χ2v) is 7.05. The summed E-state index contributed by atoms with van der Waals surface area (Å²) < 4.78 is 17.5. The van der Waals surface area contributed by atoms with Crippen LogP contribution in [-0.4, -0.2) is 31.9 Å². The molecular weight excluding hydrogens is 424 g/mol. The number of hydrogen-bond donors (Lipinski definition) is 1. The number of hydrazone groups is 1. The van der Waals surface area contributed by atoms with Gasteiger partial charge in [-0.2, -0.15) is 5.10 Å². The number of nitrogens with zero attached hydrogens (tertiary/aromatic N) is 1. The zero-order valence-corrected chi connectivity index (χ0v) is 16.6. The van der Waals surface area contributed by atoms with Crippen molar-refractivity contribution in [1.82, 2.24) is 5.43 Å². The van der Waals surface area contributed by atoms with E-state index in [1.807, 2.05) is 54.6 Å². The Morgan fingerprint density at radius 1 is 1.18 bits per heavy atom. The van der Waals surface area contributed by atoms with E-state index >= 15 is 0 Å². The lowest BCUT2D eigenvalue weighted by Crippen LogP contribution is -2.42. The first kappa shape index (κ1) is 18.3. The molecule has 0 unspecified atom stereocenters. The van der Waals surface area contributed by atoms with Crippen LogP contribution in [0.15, 0.2) is 64.2 Å². The van der Waals surface area contributed by atoms with E-state index in [9.17, 15) is 4.79 Å². The molecule has 0 saturated carbocycles. The molecule has 3 aromatic carbocycles. The van der Waals surface area contributed by atoms with Gasteiger partial charge in [0, 0.05) is 0 Å². The van der Waals surface area contributed by atoms with Crippen LogP contribution in [-0.2, 0) is 4.79 Å². The van der Waals surface area contributed by atoms with Crippen LogP contribution in [0.1, 0.15) is 5.56 Å². The van der Waals surface area contributed by atoms with Crippen LogP contribution in [0.3, 0.4) is 0 Å². The summed E-state index contributed by atoms with van der Waals surface area (Å²) in [6.45, 7) is 0.126. The Balaban J connectivity index is 1.42. The first-order valence-corrected chi connectivity index (χ1v) is 9.42. The summed E-state index contributed by atoms with van der Waals surface area (Å²) in [7, 11) is 1.60. The first-order chi connectivity index (χ1) is 13.6. The van der Waals surface area contributed by atoms with Gasteiger partial charge >= 0.3 is 0 Å². The van der Waals surface area contributed by atoms with Crippen LogP contribution in [0, 0.1) is 0 Å². The van der Waals surface area contributed by atoms with Gasteiger partial charge in [-0.25, -0.2) is 5.43 Å². The fourth-order valence-corrected chi connectivity index (χ4v) is 3.45. The third-order valence-electron chi connectivity index (χ3n) is 4.33. The number of rotatable bonds is 4. The zero-order valence-electron chi connectivity index (χ0n) is 15.0. The molecule has 1 N–H and O–H groups in total. The van der Waals surface area contributed by atoms with E-state index in [-0.39, 0.29) is 12.5 Å². The summed E-state index contributed by atoms with van der Waals surface area (Å²) in [6.07, 6.45) is 0.779. The van der Waals surface area contributed by atoms with Crippen LogP contribution in [0.4, 0.5) is 0 Å². The summed E-state index contributed by atoms with van der Waals surface area (Å²) in [6, 6.07) is 17.2. The minimum absolute atomic E-state index is 0.126. The van der Waals surface area contributed by atoms with E-state index in [1.165, 1.54) is 0 Å². The van der Waals surface area contributed by atoms with Crippen LogP contribution in [0.5, 0.6) is 17.2 Å². The first-order valence-electron chi connectivity index (χ1n) is 8.63.